The second-order valence-corrected chi connectivity index (χ2v) is 14.3. The lowest BCUT2D eigenvalue weighted by molar-refractivity contribution is 0.102. The highest BCUT2D eigenvalue weighted by Crippen LogP contribution is 2.36. The van der Waals surface area contributed by atoms with Crippen LogP contribution in [0, 0.1) is 0 Å². The molecule has 166 valence electrons. The number of hydrogen-bond acceptors (Lipinski definition) is 5. The number of carbonyl (C=O) groups excluding carboxylic acids is 1. The van der Waals surface area contributed by atoms with E-state index in [9.17, 15) is 9.90 Å². The minimum atomic E-state index is -1.88. The first-order valence-electron chi connectivity index (χ1n) is 10.3. The van der Waals surface area contributed by atoms with E-state index >= 15 is 0 Å². The van der Waals surface area contributed by atoms with Crippen LogP contribution in [-0.2, 0) is 4.43 Å². The standard InChI is InChI=1S/C22H35N3O4Si/c1-15(2)25-10-9-20(24-25)23-21(27)17-11-18(26)13-19(12-17)29-16(3)14-28-30(7,8)22(4,5)6/h9-13,15-16,26H,14H2,1-8H3,(H,23,24,27). The molecule has 1 atom stereocenters. The molecule has 0 saturated heterocycles. The smallest absolute Gasteiger partial charge is 0.257 e. The number of nitrogens with one attached hydrogen (secondary N) is 1. The number of ether oxygens (including phenoxy) is 1. The van der Waals surface area contributed by atoms with E-state index in [4.69, 9.17) is 9.16 Å². The van der Waals surface area contributed by atoms with Gasteiger partial charge in [-0.05, 0) is 51.0 Å². The molecule has 2 aromatic rings. The summed E-state index contributed by atoms with van der Waals surface area (Å²) in [6, 6.07) is 6.44. The summed E-state index contributed by atoms with van der Waals surface area (Å²) in [6.07, 6.45) is 1.58. The Kier molecular flexibility index (Phi) is 7.36. The Labute approximate surface area is 180 Å². The maximum atomic E-state index is 12.6. The van der Waals surface area contributed by atoms with E-state index in [1.165, 1.54) is 12.1 Å². The fourth-order valence-corrected chi connectivity index (χ4v) is 3.56. The number of hydrogen-bond donors (Lipinski definition) is 2. The van der Waals surface area contributed by atoms with Gasteiger partial charge in [-0.3, -0.25) is 9.48 Å². The summed E-state index contributed by atoms with van der Waals surface area (Å²) in [5.41, 5.74) is 0.293. The molecule has 0 radical (unpaired) electrons. The Morgan fingerprint density at radius 3 is 2.47 bits per heavy atom. The molecule has 2 rings (SSSR count). The van der Waals surface area contributed by atoms with E-state index in [1.54, 1.807) is 23.0 Å². The predicted octanol–water partition coefficient (Wildman–Crippen LogP) is 5.21. The van der Waals surface area contributed by atoms with Crippen LogP contribution >= 0.6 is 0 Å². The van der Waals surface area contributed by atoms with E-state index in [0.717, 1.165) is 0 Å². The Morgan fingerprint density at radius 2 is 1.90 bits per heavy atom. The van der Waals surface area contributed by atoms with Crippen molar-refractivity contribution in [2.24, 2.45) is 0 Å². The molecule has 1 unspecified atom stereocenters. The van der Waals surface area contributed by atoms with Gasteiger partial charge in [0.15, 0.2) is 14.1 Å². The average Bonchev–Trinajstić information content (AvgIpc) is 3.07. The van der Waals surface area contributed by atoms with Crippen LogP contribution in [0.3, 0.4) is 0 Å². The Morgan fingerprint density at radius 1 is 1.23 bits per heavy atom. The van der Waals surface area contributed by atoms with E-state index in [-0.39, 0.29) is 28.8 Å². The number of nitrogens with zero attached hydrogens (tertiary/aromatic N) is 2. The number of phenolic OH excluding ortho intramolecular Hbond substituents is 1. The highest BCUT2D eigenvalue weighted by Gasteiger charge is 2.37. The van der Waals surface area contributed by atoms with E-state index in [1.807, 2.05) is 20.8 Å². The molecule has 30 heavy (non-hydrogen) atoms. The molecule has 0 spiro atoms. The third-order valence-corrected chi connectivity index (χ3v) is 9.86. The molecule has 0 bridgehead atoms. The number of rotatable bonds is 8. The molecule has 1 heterocycles. The number of aromatic hydroxyl groups is 1. The van der Waals surface area contributed by atoms with Gasteiger partial charge >= 0.3 is 0 Å². The molecule has 0 aliphatic heterocycles. The van der Waals surface area contributed by atoms with Crippen LogP contribution in [0.15, 0.2) is 30.5 Å². The maximum absolute atomic E-state index is 12.6. The van der Waals surface area contributed by atoms with Crippen molar-refractivity contribution >= 4 is 20.0 Å². The molecule has 0 fully saturated rings. The van der Waals surface area contributed by atoms with Gasteiger partial charge in [-0.1, -0.05) is 20.8 Å². The van der Waals surface area contributed by atoms with Gasteiger partial charge in [-0.25, -0.2) is 0 Å². The van der Waals surface area contributed by atoms with Gasteiger partial charge < -0.3 is 19.6 Å². The average molecular weight is 434 g/mol. The van der Waals surface area contributed by atoms with Gasteiger partial charge in [0.05, 0.1) is 6.61 Å². The van der Waals surface area contributed by atoms with Crippen LogP contribution in [0.1, 0.15) is 57.9 Å². The van der Waals surface area contributed by atoms with Gasteiger partial charge in [-0.2, -0.15) is 5.10 Å². The molecule has 1 amide bonds. The summed E-state index contributed by atoms with van der Waals surface area (Å²) >= 11 is 0. The molecule has 1 aromatic heterocycles. The second-order valence-electron chi connectivity index (χ2n) is 9.44. The van der Waals surface area contributed by atoms with Crippen molar-refractivity contribution in [3.8, 4) is 11.5 Å². The zero-order chi connectivity index (χ0) is 22.7. The number of carbonyl (C=O) groups is 1. The van der Waals surface area contributed by atoms with Gasteiger partial charge in [-0.15, -0.1) is 0 Å². The molecule has 0 saturated carbocycles. The Balaban J connectivity index is 2.04. The molecule has 1 aromatic carbocycles. The summed E-state index contributed by atoms with van der Waals surface area (Å²) in [4.78, 5) is 12.6. The molecular formula is C22H35N3O4Si. The SMILES string of the molecule is CC(CO[Si](C)(C)C(C)(C)C)Oc1cc(O)cc(C(=O)Nc2ccn(C(C)C)n2)c1. The Hall–Kier alpha value is -2.32. The normalized spacial score (nSPS) is 13.4. The van der Waals surface area contributed by atoms with Crippen molar-refractivity contribution in [3.05, 3.63) is 36.0 Å². The second kappa shape index (κ2) is 9.22. The molecular weight excluding hydrogens is 398 g/mol. The zero-order valence-electron chi connectivity index (χ0n) is 19.3. The van der Waals surface area contributed by atoms with E-state index < -0.39 is 8.32 Å². The summed E-state index contributed by atoms with van der Waals surface area (Å²) in [6.45, 7) is 17.3. The Bertz CT molecular complexity index is 872. The first kappa shape index (κ1) is 24.0. The number of amides is 1. The monoisotopic (exact) mass is 433 g/mol. The van der Waals surface area contributed by atoms with Gasteiger partial charge in [0.25, 0.3) is 5.91 Å². The van der Waals surface area contributed by atoms with Crippen LogP contribution in [0.25, 0.3) is 0 Å². The summed E-state index contributed by atoms with van der Waals surface area (Å²) in [5.74, 6) is 0.465. The summed E-state index contributed by atoms with van der Waals surface area (Å²) in [5, 5.41) is 17.2. The van der Waals surface area contributed by atoms with Crippen molar-refractivity contribution in [2.45, 2.75) is 71.8 Å². The van der Waals surface area contributed by atoms with Crippen LogP contribution in [0.4, 0.5) is 5.82 Å². The van der Waals surface area contributed by atoms with Gasteiger partial charge in [0, 0.05) is 29.9 Å². The summed E-state index contributed by atoms with van der Waals surface area (Å²) in [7, 11) is -1.88. The van der Waals surface area contributed by atoms with Crippen LogP contribution < -0.4 is 10.1 Å². The van der Waals surface area contributed by atoms with Gasteiger partial charge in [0.2, 0.25) is 0 Å². The third kappa shape index (κ3) is 6.34. The first-order valence-corrected chi connectivity index (χ1v) is 13.2. The molecule has 0 aliphatic rings. The van der Waals surface area contributed by atoms with Crippen molar-refractivity contribution < 1.29 is 19.1 Å². The predicted molar refractivity (Wildman–Crippen MR) is 122 cm³/mol. The lowest BCUT2D eigenvalue weighted by atomic mass is 10.2. The van der Waals surface area contributed by atoms with Crippen LogP contribution in [0.5, 0.6) is 11.5 Å². The minimum Gasteiger partial charge on any atom is -0.508 e. The zero-order valence-corrected chi connectivity index (χ0v) is 20.3. The van der Waals surface area contributed by atoms with Crippen molar-refractivity contribution in [1.29, 1.82) is 0 Å². The maximum Gasteiger partial charge on any atom is 0.257 e. The highest BCUT2D eigenvalue weighted by molar-refractivity contribution is 6.74. The van der Waals surface area contributed by atoms with Crippen molar-refractivity contribution in [1.82, 2.24) is 9.78 Å². The van der Waals surface area contributed by atoms with Crippen molar-refractivity contribution in [3.63, 3.8) is 0 Å². The quantitative estimate of drug-likeness (QED) is 0.558. The lowest BCUT2D eigenvalue weighted by Gasteiger charge is -2.36. The lowest BCUT2D eigenvalue weighted by Crippen LogP contribution is -2.43. The largest absolute Gasteiger partial charge is 0.508 e. The minimum absolute atomic E-state index is 0.0390. The molecule has 2 N–H and O–H groups in total. The van der Waals surface area contributed by atoms with Gasteiger partial charge in [0.1, 0.15) is 17.6 Å². The summed E-state index contributed by atoms with van der Waals surface area (Å²) < 4.78 is 13.9. The van der Waals surface area contributed by atoms with Crippen molar-refractivity contribution in [2.75, 3.05) is 11.9 Å². The molecule has 0 aliphatic carbocycles. The fraction of sp³-hybridized carbons (Fsp3) is 0.545. The number of aromatic nitrogens is 2. The van der Waals surface area contributed by atoms with Crippen LogP contribution in [0.2, 0.25) is 18.1 Å². The van der Waals surface area contributed by atoms with E-state index in [2.05, 4.69) is 44.3 Å². The third-order valence-electron chi connectivity index (χ3n) is 5.35. The first-order chi connectivity index (χ1) is 13.8. The number of phenols is 1. The topological polar surface area (TPSA) is 85.6 Å². The molecule has 8 heteroatoms. The van der Waals surface area contributed by atoms with E-state index in [0.29, 0.717) is 23.7 Å². The highest BCUT2D eigenvalue weighted by atomic mass is 28.4. The number of anilines is 1. The fourth-order valence-electron chi connectivity index (χ4n) is 2.47. The van der Waals surface area contributed by atoms with Crippen LogP contribution in [-0.4, -0.2) is 41.8 Å². The molecule has 7 nitrogen and oxygen atoms in total. The number of benzene rings is 1.